The molecule has 2 aliphatic rings. The molecule has 2 heterocycles. The van der Waals surface area contributed by atoms with Gasteiger partial charge in [0.25, 0.3) is 0 Å². The van der Waals surface area contributed by atoms with E-state index in [4.69, 9.17) is 10.7 Å². The number of benzene rings is 2. The standard InChI is InChI=1S/C26H31N5O/c1-16(2)18-7-9-19(10-8-18)23-24(32)30(4)25(27)29-26(23,3)21-12-11-20-14-28-31(22(20)13-21)15-17-5-6-17/h7-14,16-17,23H,5-6,15H2,1-4H3,(H2,27,29)/t23?,26-/m1/s1. The van der Waals surface area contributed by atoms with Crippen molar-refractivity contribution in [1.82, 2.24) is 14.7 Å². The number of hydrogen-bond donors (Lipinski definition) is 1. The second-order valence-corrected chi connectivity index (χ2v) is 9.81. The average molecular weight is 430 g/mol. The molecule has 0 bridgehead atoms. The maximum absolute atomic E-state index is 13.5. The van der Waals surface area contributed by atoms with Crippen LogP contribution in [-0.2, 0) is 16.9 Å². The fourth-order valence-corrected chi connectivity index (χ4v) is 4.77. The summed E-state index contributed by atoms with van der Waals surface area (Å²) in [6, 6.07) is 14.7. The van der Waals surface area contributed by atoms with Crippen molar-refractivity contribution in [3.8, 4) is 0 Å². The lowest BCUT2D eigenvalue weighted by atomic mass is 9.74. The first-order valence-corrected chi connectivity index (χ1v) is 11.5. The number of carbonyl (C=O) groups is 1. The fraction of sp³-hybridized carbons (Fsp3) is 0.423. The summed E-state index contributed by atoms with van der Waals surface area (Å²) in [7, 11) is 1.70. The third kappa shape index (κ3) is 3.38. The predicted octanol–water partition coefficient (Wildman–Crippen LogP) is 4.36. The number of aliphatic imine (C=N–C) groups is 1. The van der Waals surface area contributed by atoms with Gasteiger partial charge in [-0.3, -0.25) is 14.4 Å². The molecule has 2 N–H and O–H groups in total. The Balaban J connectivity index is 1.63. The zero-order chi connectivity index (χ0) is 22.6. The van der Waals surface area contributed by atoms with E-state index < -0.39 is 11.5 Å². The van der Waals surface area contributed by atoms with Crippen LogP contribution in [0, 0.1) is 5.92 Å². The summed E-state index contributed by atoms with van der Waals surface area (Å²) >= 11 is 0. The van der Waals surface area contributed by atoms with Gasteiger partial charge < -0.3 is 5.73 Å². The van der Waals surface area contributed by atoms with Crippen LogP contribution in [0.1, 0.15) is 62.1 Å². The molecule has 3 aromatic rings. The molecule has 1 unspecified atom stereocenters. The van der Waals surface area contributed by atoms with E-state index in [1.807, 2.05) is 13.1 Å². The van der Waals surface area contributed by atoms with Crippen molar-refractivity contribution in [3.63, 3.8) is 0 Å². The monoisotopic (exact) mass is 429 g/mol. The minimum absolute atomic E-state index is 0.0381. The summed E-state index contributed by atoms with van der Waals surface area (Å²) < 4.78 is 2.09. The van der Waals surface area contributed by atoms with Gasteiger partial charge in [-0.25, -0.2) is 4.99 Å². The summed E-state index contributed by atoms with van der Waals surface area (Å²) in [5.74, 6) is 0.910. The van der Waals surface area contributed by atoms with Crippen LogP contribution < -0.4 is 5.73 Å². The van der Waals surface area contributed by atoms with Crippen molar-refractivity contribution in [2.75, 3.05) is 7.05 Å². The Kier molecular flexibility index (Phi) is 4.84. The summed E-state index contributed by atoms with van der Waals surface area (Å²) in [6.45, 7) is 7.30. The van der Waals surface area contributed by atoms with E-state index >= 15 is 0 Å². The van der Waals surface area contributed by atoms with E-state index in [2.05, 4.69) is 66.1 Å². The van der Waals surface area contributed by atoms with Gasteiger partial charge in [0.2, 0.25) is 5.91 Å². The van der Waals surface area contributed by atoms with Crippen LogP contribution in [0.5, 0.6) is 0 Å². The Morgan fingerprint density at radius 3 is 2.53 bits per heavy atom. The average Bonchev–Trinajstić information content (AvgIpc) is 3.51. The lowest BCUT2D eigenvalue weighted by molar-refractivity contribution is -0.130. The minimum Gasteiger partial charge on any atom is -0.369 e. The Labute approximate surface area is 189 Å². The molecule has 166 valence electrons. The van der Waals surface area contributed by atoms with Crippen LogP contribution in [0.3, 0.4) is 0 Å². The maximum atomic E-state index is 13.5. The smallest absolute Gasteiger partial charge is 0.239 e. The molecule has 0 spiro atoms. The fourth-order valence-electron chi connectivity index (χ4n) is 4.77. The van der Waals surface area contributed by atoms with E-state index in [9.17, 15) is 4.79 Å². The number of nitrogens with zero attached hydrogens (tertiary/aromatic N) is 4. The second-order valence-electron chi connectivity index (χ2n) is 9.81. The number of amides is 1. The molecular formula is C26H31N5O. The molecule has 2 atom stereocenters. The van der Waals surface area contributed by atoms with E-state index in [1.54, 1.807) is 7.05 Å². The Bertz CT molecular complexity index is 1200. The van der Waals surface area contributed by atoms with Crippen molar-refractivity contribution in [2.24, 2.45) is 16.6 Å². The van der Waals surface area contributed by atoms with Gasteiger partial charge in [-0.1, -0.05) is 50.2 Å². The van der Waals surface area contributed by atoms with Gasteiger partial charge in [0, 0.05) is 19.0 Å². The van der Waals surface area contributed by atoms with Gasteiger partial charge in [-0.15, -0.1) is 0 Å². The topological polar surface area (TPSA) is 76.5 Å². The largest absolute Gasteiger partial charge is 0.369 e. The molecular weight excluding hydrogens is 398 g/mol. The van der Waals surface area contributed by atoms with Gasteiger partial charge in [-0.2, -0.15) is 5.10 Å². The quantitative estimate of drug-likeness (QED) is 0.655. The van der Waals surface area contributed by atoms with Crippen LogP contribution >= 0.6 is 0 Å². The van der Waals surface area contributed by atoms with Crippen LogP contribution in [0.15, 0.2) is 53.7 Å². The summed E-state index contributed by atoms with van der Waals surface area (Å²) in [4.78, 5) is 19.9. The lowest BCUT2D eigenvalue weighted by Gasteiger charge is -2.41. The summed E-state index contributed by atoms with van der Waals surface area (Å²) in [5.41, 5.74) is 9.68. The van der Waals surface area contributed by atoms with Crippen LogP contribution in [-0.4, -0.2) is 33.6 Å². The van der Waals surface area contributed by atoms with E-state index in [0.717, 1.165) is 34.5 Å². The Morgan fingerprint density at radius 2 is 1.88 bits per heavy atom. The van der Waals surface area contributed by atoms with Gasteiger partial charge in [-0.05, 0) is 54.4 Å². The summed E-state index contributed by atoms with van der Waals surface area (Å²) in [6.07, 6.45) is 4.47. The third-order valence-corrected chi connectivity index (χ3v) is 7.12. The number of rotatable bonds is 5. The van der Waals surface area contributed by atoms with E-state index in [-0.39, 0.29) is 11.9 Å². The minimum atomic E-state index is -0.810. The highest BCUT2D eigenvalue weighted by molar-refractivity contribution is 6.02. The van der Waals surface area contributed by atoms with Crippen molar-refractivity contribution in [3.05, 3.63) is 65.4 Å². The van der Waals surface area contributed by atoms with Crippen molar-refractivity contribution >= 4 is 22.8 Å². The molecule has 2 aromatic carbocycles. The second kappa shape index (κ2) is 7.47. The zero-order valence-electron chi connectivity index (χ0n) is 19.2. The van der Waals surface area contributed by atoms with Crippen molar-refractivity contribution < 1.29 is 4.79 Å². The van der Waals surface area contributed by atoms with E-state index in [1.165, 1.54) is 23.3 Å². The molecule has 6 heteroatoms. The van der Waals surface area contributed by atoms with Gasteiger partial charge in [0.05, 0.1) is 17.6 Å². The van der Waals surface area contributed by atoms with E-state index in [0.29, 0.717) is 5.92 Å². The van der Waals surface area contributed by atoms with Crippen molar-refractivity contribution in [2.45, 2.75) is 57.5 Å². The highest BCUT2D eigenvalue weighted by Crippen LogP contribution is 2.45. The number of fused-ring (bicyclic) bond motifs is 1. The predicted molar refractivity (Wildman–Crippen MR) is 127 cm³/mol. The first kappa shape index (κ1) is 20.7. The van der Waals surface area contributed by atoms with Gasteiger partial charge in [0.15, 0.2) is 5.96 Å². The molecule has 1 saturated carbocycles. The molecule has 6 nitrogen and oxygen atoms in total. The first-order valence-electron chi connectivity index (χ1n) is 11.5. The molecule has 32 heavy (non-hydrogen) atoms. The third-order valence-electron chi connectivity index (χ3n) is 7.12. The maximum Gasteiger partial charge on any atom is 0.239 e. The Morgan fingerprint density at radius 1 is 1.16 bits per heavy atom. The number of nitrogens with two attached hydrogens (primary N) is 1. The number of hydrogen-bond acceptors (Lipinski definition) is 4. The highest BCUT2D eigenvalue weighted by Gasteiger charge is 2.47. The number of guanidine groups is 1. The normalized spacial score (nSPS) is 23.8. The van der Waals surface area contributed by atoms with Crippen LogP contribution in [0.4, 0.5) is 0 Å². The van der Waals surface area contributed by atoms with Crippen molar-refractivity contribution in [1.29, 1.82) is 0 Å². The number of aromatic nitrogens is 2. The number of carbonyl (C=O) groups excluding carboxylic acids is 1. The molecule has 1 aliphatic heterocycles. The molecule has 1 fully saturated rings. The molecule has 1 aliphatic carbocycles. The highest BCUT2D eigenvalue weighted by atomic mass is 16.2. The molecule has 0 radical (unpaired) electrons. The van der Waals surface area contributed by atoms with Gasteiger partial charge >= 0.3 is 0 Å². The molecule has 5 rings (SSSR count). The van der Waals surface area contributed by atoms with Crippen LogP contribution in [0.25, 0.3) is 10.9 Å². The number of likely N-dealkylation sites (N-methyl/N-ethyl adjacent to an activating group) is 1. The lowest BCUT2D eigenvalue weighted by Crippen LogP contribution is -2.52. The first-order chi connectivity index (χ1) is 15.3. The molecule has 0 saturated heterocycles. The Hall–Kier alpha value is -3.15. The molecule has 1 aromatic heterocycles. The van der Waals surface area contributed by atoms with Gasteiger partial charge in [0.1, 0.15) is 5.54 Å². The van der Waals surface area contributed by atoms with Crippen LogP contribution in [0.2, 0.25) is 0 Å². The SMILES string of the molecule is CC(C)c1ccc(C2C(=O)N(C)C(N)=N[C@]2(C)c2ccc3cnn(CC4CC4)c3c2)cc1. The molecule has 1 amide bonds. The zero-order valence-corrected chi connectivity index (χ0v) is 19.2. The summed E-state index contributed by atoms with van der Waals surface area (Å²) in [5, 5.41) is 5.71.